The molecule has 21 heavy (non-hydrogen) atoms. The summed E-state index contributed by atoms with van der Waals surface area (Å²) in [5.74, 6) is 0.561. The first-order chi connectivity index (χ1) is 10.1. The van der Waals surface area contributed by atoms with Gasteiger partial charge in [-0.15, -0.1) is 0 Å². The normalized spacial score (nSPS) is 11.3. The third-order valence-electron chi connectivity index (χ3n) is 4.39. The summed E-state index contributed by atoms with van der Waals surface area (Å²) in [6.07, 6.45) is 0. The molecule has 1 aromatic rings. The van der Waals surface area contributed by atoms with Crippen LogP contribution in [0.4, 0.5) is 0 Å². The molecular formula is C21H22. The Morgan fingerprint density at radius 1 is 0.762 bits per heavy atom. The second-order valence-electron chi connectivity index (χ2n) is 6.16. The highest BCUT2D eigenvalue weighted by Crippen LogP contribution is 2.42. The zero-order valence-electron chi connectivity index (χ0n) is 13.3. The van der Waals surface area contributed by atoms with E-state index in [0.717, 1.165) is 0 Å². The van der Waals surface area contributed by atoms with Gasteiger partial charge in [0.25, 0.3) is 0 Å². The van der Waals surface area contributed by atoms with E-state index >= 15 is 0 Å². The van der Waals surface area contributed by atoms with E-state index in [1.807, 2.05) is 0 Å². The van der Waals surface area contributed by atoms with Crippen molar-refractivity contribution in [2.24, 2.45) is 0 Å². The van der Waals surface area contributed by atoms with Gasteiger partial charge in [-0.25, -0.2) is 0 Å². The largest absolute Gasteiger partial charge is 0.0622 e. The van der Waals surface area contributed by atoms with E-state index < -0.39 is 0 Å². The first kappa shape index (κ1) is 13.9. The van der Waals surface area contributed by atoms with Crippen LogP contribution in [0.25, 0.3) is 22.3 Å². The van der Waals surface area contributed by atoms with Gasteiger partial charge < -0.3 is 0 Å². The molecule has 0 fully saturated rings. The first-order valence-electron chi connectivity index (χ1n) is 7.68. The van der Waals surface area contributed by atoms with Gasteiger partial charge in [-0.3, -0.25) is 0 Å². The van der Waals surface area contributed by atoms with Gasteiger partial charge in [0, 0.05) is 0 Å². The molecule has 0 atom stereocenters. The van der Waals surface area contributed by atoms with E-state index in [0.29, 0.717) is 5.92 Å². The van der Waals surface area contributed by atoms with Crippen LogP contribution in [0.2, 0.25) is 0 Å². The molecule has 0 aliphatic heterocycles. The summed E-state index contributed by atoms with van der Waals surface area (Å²) in [6.45, 7) is 9.03. The summed E-state index contributed by atoms with van der Waals surface area (Å²) in [6, 6.07) is 19.7. The van der Waals surface area contributed by atoms with E-state index in [2.05, 4.69) is 82.3 Å². The van der Waals surface area contributed by atoms with Crippen molar-refractivity contribution in [1.29, 1.82) is 0 Å². The Morgan fingerprint density at radius 3 is 2.14 bits per heavy atom. The number of aryl methyl sites for hydroxylation is 1. The Bertz CT molecular complexity index is 736. The first-order valence-corrected chi connectivity index (χ1v) is 7.68. The Hall–Kier alpha value is -2.08. The Labute approximate surface area is 127 Å². The van der Waals surface area contributed by atoms with Gasteiger partial charge in [0.2, 0.25) is 0 Å². The molecule has 0 unspecified atom stereocenters. The van der Waals surface area contributed by atoms with Crippen molar-refractivity contribution in [3.05, 3.63) is 71.3 Å². The molecule has 0 spiro atoms. The second-order valence-corrected chi connectivity index (χ2v) is 6.16. The molecule has 0 saturated heterocycles. The van der Waals surface area contributed by atoms with E-state index in [1.165, 1.54) is 38.9 Å². The molecule has 3 rings (SSSR count). The van der Waals surface area contributed by atoms with E-state index in [9.17, 15) is 0 Å². The van der Waals surface area contributed by atoms with E-state index in [1.54, 1.807) is 0 Å². The summed E-state index contributed by atoms with van der Waals surface area (Å²) in [7, 11) is 0. The fourth-order valence-electron chi connectivity index (χ4n) is 3.26. The van der Waals surface area contributed by atoms with Gasteiger partial charge in [-0.2, -0.15) is 0 Å². The van der Waals surface area contributed by atoms with Gasteiger partial charge in [0.05, 0.1) is 0 Å². The van der Waals surface area contributed by atoms with Crippen molar-refractivity contribution in [1.82, 2.24) is 0 Å². The topological polar surface area (TPSA) is 0 Å². The zero-order valence-corrected chi connectivity index (χ0v) is 13.3. The molecule has 0 heterocycles. The maximum absolute atomic E-state index is 2.39. The molecule has 0 radical (unpaired) electrons. The lowest BCUT2D eigenvalue weighted by molar-refractivity contribution is 0.863. The minimum absolute atomic E-state index is 0.561. The molecule has 0 nitrogen and oxygen atoms in total. The number of hydrogen-bond acceptors (Lipinski definition) is 0. The minimum Gasteiger partial charge on any atom is -0.0622 e. The zero-order chi connectivity index (χ0) is 15.0. The number of rotatable bonds is 2. The van der Waals surface area contributed by atoms with E-state index in [4.69, 9.17) is 0 Å². The van der Waals surface area contributed by atoms with Crippen LogP contribution < -0.4 is 0 Å². The monoisotopic (exact) mass is 274 g/mol. The minimum atomic E-state index is 0.561. The van der Waals surface area contributed by atoms with Crippen molar-refractivity contribution in [2.75, 3.05) is 0 Å². The summed E-state index contributed by atoms with van der Waals surface area (Å²) in [5, 5.41) is 0. The number of hydrogen-bond donors (Lipinski definition) is 0. The highest BCUT2D eigenvalue weighted by molar-refractivity contribution is 5.89. The Balaban J connectivity index is 2.37. The maximum atomic E-state index is 2.39. The smallest absolute Gasteiger partial charge is 0.00705 e. The Kier molecular flexibility index (Phi) is 3.55. The molecule has 0 heteroatoms. The van der Waals surface area contributed by atoms with Crippen LogP contribution in [-0.2, 0) is 0 Å². The second kappa shape index (κ2) is 5.37. The standard InChI is InChI=1S/C21H22/c1-14(2)19-13-20-15(3)9-8-12-18(21(20)16(19)4)17-10-6-5-7-11-17/h5-14H,1-4H3. The van der Waals surface area contributed by atoms with Crippen molar-refractivity contribution in [2.45, 2.75) is 33.6 Å². The van der Waals surface area contributed by atoms with Crippen LogP contribution in [0.15, 0.2) is 54.6 Å². The fourth-order valence-corrected chi connectivity index (χ4v) is 3.26. The van der Waals surface area contributed by atoms with Gasteiger partial charge in [0.15, 0.2) is 0 Å². The molecule has 2 aliphatic rings. The van der Waals surface area contributed by atoms with Gasteiger partial charge in [-0.05, 0) is 58.7 Å². The van der Waals surface area contributed by atoms with Crippen molar-refractivity contribution >= 4 is 0 Å². The van der Waals surface area contributed by atoms with Crippen LogP contribution in [0.5, 0.6) is 0 Å². The third-order valence-corrected chi connectivity index (χ3v) is 4.39. The highest BCUT2D eigenvalue weighted by atomic mass is 14.2. The van der Waals surface area contributed by atoms with Crippen LogP contribution in [0.1, 0.15) is 36.5 Å². The molecular weight excluding hydrogens is 252 g/mol. The molecule has 0 bridgehead atoms. The lowest BCUT2D eigenvalue weighted by atomic mass is 9.95. The Morgan fingerprint density at radius 2 is 1.48 bits per heavy atom. The third kappa shape index (κ3) is 2.35. The van der Waals surface area contributed by atoms with Crippen LogP contribution in [-0.4, -0.2) is 0 Å². The highest BCUT2D eigenvalue weighted by Gasteiger charge is 2.19. The van der Waals surface area contributed by atoms with Crippen molar-refractivity contribution < 1.29 is 0 Å². The van der Waals surface area contributed by atoms with Crippen molar-refractivity contribution in [3.8, 4) is 22.3 Å². The van der Waals surface area contributed by atoms with Gasteiger partial charge >= 0.3 is 0 Å². The van der Waals surface area contributed by atoms with Crippen LogP contribution >= 0.6 is 0 Å². The van der Waals surface area contributed by atoms with Crippen LogP contribution in [0.3, 0.4) is 0 Å². The van der Waals surface area contributed by atoms with Crippen molar-refractivity contribution in [3.63, 3.8) is 0 Å². The average molecular weight is 274 g/mol. The lowest BCUT2D eigenvalue weighted by Crippen LogP contribution is -1.87. The number of benzene rings is 1. The van der Waals surface area contributed by atoms with Crippen LogP contribution in [0, 0.1) is 13.8 Å². The molecule has 0 aromatic heterocycles. The van der Waals surface area contributed by atoms with E-state index in [-0.39, 0.29) is 0 Å². The lowest BCUT2D eigenvalue weighted by Gasteiger charge is -2.09. The average Bonchev–Trinajstić information content (AvgIpc) is 2.73. The quantitative estimate of drug-likeness (QED) is 0.522. The molecule has 0 saturated carbocycles. The molecule has 1 aromatic carbocycles. The fraction of sp³-hybridized carbons (Fsp3) is 0.238. The molecule has 0 N–H and O–H groups in total. The predicted molar refractivity (Wildman–Crippen MR) is 92.1 cm³/mol. The van der Waals surface area contributed by atoms with Gasteiger partial charge in [-0.1, -0.05) is 68.4 Å². The summed E-state index contributed by atoms with van der Waals surface area (Å²) < 4.78 is 0. The maximum Gasteiger partial charge on any atom is -0.00705 e. The molecule has 0 amide bonds. The SMILES string of the molecule is Cc1cccc(-c2ccccc2)c2c(C)c(C(C)C)cc1-2. The summed E-state index contributed by atoms with van der Waals surface area (Å²) in [5.41, 5.74) is 9.68. The number of fused-ring (bicyclic) bond motifs is 1. The van der Waals surface area contributed by atoms with Gasteiger partial charge in [0.1, 0.15) is 0 Å². The predicted octanol–water partition coefficient (Wildman–Crippen LogP) is 6.20. The molecule has 2 aliphatic carbocycles. The summed E-state index contributed by atoms with van der Waals surface area (Å²) >= 11 is 0. The molecule has 106 valence electrons. The summed E-state index contributed by atoms with van der Waals surface area (Å²) in [4.78, 5) is 0.